The largest absolute Gasteiger partial charge is 0.497 e. The molecule has 0 radical (unpaired) electrons. The van der Waals surface area contributed by atoms with Crippen LogP contribution in [-0.2, 0) is 11.0 Å². The molecule has 0 fully saturated rings. The van der Waals surface area contributed by atoms with Gasteiger partial charge in [-0.1, -0.05) is 92.7 Å². The molecule has 43 heavy (non-hydrogen) atoms. The predicted octanol–water partition coefficient (Wildman–Crippen LogP) is 9.67. The maximum atomic E-state index is 7.46. The van der Waals surface area contributed by atoms with Gasteiger partial charge < -0.3 is 14.2 Å². The maximum Gasteiger partial charge on any atom is 0.178 e. The monoisotopic (exact) mass is 560 g/mol. The van der Waals surface area contributed by atoms with Crippen molar-refractivity contribution in [3.05, 3.63) is 143 Å². The topological polar surface area (TPSA) is 27.7 Å². The Morgan fingerprint density at radius 2 is 1.33 bits per heavy atom. The molecule has 3 heteroatoms. The van der Waals surface area contributed by atoms with Gasteiger partial charge in [0.2, 0.25) is 0 Å². The zero-order valence-corrected chi connectivity index (χ0v) is 24.8. The lowest BCUT2D eigenvalue weighted by Gasteiger charge is -2.38. The van der Waals surface area contributed by atoms with E-state index in [1.165, 1.54) is 38.4 Å². The van der Waals surface area contributed by atoms with Crippen molar-refractivity contribution in [3.8, 4) is 28.4 Å². The van der Waals surface area contributed by atoms with Crippen LogP contribution in [0.4, 0.5) is 0 Å². The van der Waals surface area contributed by atoms with E-state index in [4.69, 9.17) is 14.2 Å². The minimum absolute atomic E-state index is 0.194. The molecule has 1 aliphatic heterocycles. The molecule has 0 N–H and O–H groups in total. The van der Waals surface area contributed by atoms with Crippen molar-refractivity contribution in [3.63, 3.8) is 0 Å². The van der Waals surface area contributed by atoms with Gasteiger partial charge in [0.15, 0.2) is 5.60 Å². The highest BCUT2D eigenvalue weighted by molar-refractivity contribution is 6.09. The maximum absolute atomic E-state index is 7.46. The quantitative estimate of drug-likeness (QED) is 0.215. The minimum atomic E-state index is -0.858. The summed E-state index contributed by atoms with van der Waals surface area (Å²) in [6, 6.07) is 38.5. The number of rotatable bonds is 4. The van der Waals surface area contributed by atoms with Crippen molar-refractivity contribution < 1.29 is 14.2 Å². The molecule has 0 saturated heterocycles. The van der Waals surface area contributed by atoms with Crippen LogP contribution in [0.3, 0.4) is 0 Å². The molecule has 3 nitrogen and oxygen atoms in total. The Morgan fingerprint density at radius 1 is 0.628 bits per heavy atom. The lowest BCUT2D eigenvalue weighted by molar-refractivity contribution is 0.163. The number of benzene rings is 6. The zero-order valence-electron chi connectivity index (χ0n) is 24.8. The van der Waals surface area contributed by atoms with E-state index in [0.717, 1.165) is 39.3 Å². The SMILES string of the molecule is COc1ccc(C2(c3ccc4ccccc4c3)C=Cc3c4c(c5ccc(OC)cc5c3O2)-c2ccccc2C4(C)C)cc1. The van der Waals surface area contributed by atoms with Crippen molar-refractivity contribution in [2.24, 2.45) is 0 Å². The van der Waals surface area contributed by atoms with Gasteiger partial charge in [-0.05, 0) is 80.9 Å². The summed E-state index contributed by atoms with van der Waals surface area (Å²) in [6.45, 7) is 4.66. The van der Waals surface area contributed by atoms with Crippen LogP contribution in [0, 0.1) is 0 Å². The van der Waals surface area contributed by atoms with Crippen molar-refractivity contribution in [1.29, 1.82) is 0 Å². The molecule has 0 bridgehead atoms. The van der Waals surface area contributed by atoms with Gasteiger partial charge in [0, 0.05) is 27.5 Å². The lowest BCUT2D eigenvalue weighted by Crippen LogP contribution is -2.35. The fraction of sp³-hybridized carbons (Fsp3) is 0.150. The van der Waals surface area contributed by atoms with Crippen molar-refractivity contribution in [2.75, 3.05) is 14.2 Å². The minimum Gasteiger partial charge on any atom is -0.497 e. The Labute approximate surface area is 252 Å². The molecule has 0 amide bonds. The zero-order chi connectivity index (χ0) is 29.3. The average molecular weight is 561 g/mol. The molecule has 2 aliphatic rings. The first-order valence-electron chi connectivity index (χ1n) is 14.7. The summed E-state index contributed by atoms with van der Waals surface area (Å²) in [6.07, 6.45) is 4.54. The molecule has 0 spiro atoms. The Balaban J connectivity index is 1.45. The highest BCUT2D eigenvalue weighted by Crippen LogP contribution is 2.58. The van der Waals surface area contributed by atoms with Gasteiger partial charge in [-0.15, -0.1) is 0 Å². The van der Waals surface area contributed by atoms with E-state index in [2.05, 4.69) is 123 Å². The molecule has 1 aliphatic carbocycles. The predicted molar refractivity (Wildman–Crippen MR) is 175 cm³/mol. The number of hydrogen-bond donors (Lipinski definition) is 0. The molecule has 0 saturated carbocycles. The molecule has 1 unspecified atom stereocenters. The summed E-state index contributed by atoms with van der Waals surface area (Å²) in [5.41, 5.74) is 7.39. The van der Waals surface area contributed by atoms with E-state index in [1.807, 2.05) is 12.1 Å². The van der Waals surface area contributed by atoms with E-state index < -0.39 is 5.60 Å². The van der Waals surface area contributed by atoms with E-state index >= 15 is 0 Å². The first-order chi connectivity index (χ1) is 20.9. The highest BCUT2D eigenvalue weighted by Gasteiger charge is 2.44. The van der Waals surface area contributed by atoms with Gasteiger partial charge in [-0.2, -0.15) is 0 Å². The third-order valence-corrected chi connectivity index (χ3v) is 9.44. The molecule has 6 aromatic carbocycles. The molecular formula is C40H32O3. The van der Waals surface area contributed by atoms with Gasteiger partial charge in [0.25, 0.3) is 0 Å². The van der Waals surface area contributed by atoms with E-state index in [1.54, 1.807) is 14.2 Å². The lowest BCUT2D eigenvalue weighted by atomic mass is 9.76. The van der Waals surface area contributed by atoms with Crippen LogP contribution in [0.25, 0.3) is 38.7 Å². The summed E-state index contributed by atoms with van der Waals surface area (Å²) >= 11 is 0. The van der Waals surface area contributed by atoms with Crippen LogP contribution < -0.4 is 14.2 Å². The fourth-order valence-electron chi connectivity index (χ4n) is 7.29. The summed E-state index contributed by atoms with van der Waals surface area (Å²) < 4.78 is 18.7. The molecule has 1 heterocycles. The van der Waals surface area contributed by atoms with Crippen molar-refractivity contribution >= 4 is 27.6 Å². The van der Waals surface area contributed by atoms with Crippen LogP contribution in [0.15, 0.2) is 115 Å². The first-order valence-corrected chi connectivity index (χ1v) is 14.7. The molecule has 1 atom stereocenters. The summed E-state index contributed by atoms with van der Waals surface area (Å²) in [4.78, 5) is 0. The Morgan fingerprint density at radius 3 is 2.12 bits per heavy atom. The first kappa shape index (κ1) is 25.7. The second-order valence-corrected chi connectivity index (χ2v) is 12.0. The van der Waals surface area contributed by atoms with Crippen LogP contribution in [0.5, 0.6) is 17.2 Å². The Hall–Kier alpha value is -5.02. The van der Waals surface area contributed by atoms with Crippen molar-refractivity contribution in [1.82, 2.24) is 0 Å². The Kier molecular flexibility index (Phi) is 5.52. The number of hydrogen-bond acceptors (Lipinski definition) is 3. The third-order valence-electron chi connectivity index (χ3n) is 9.44. The van der Waals surface area contributed by atoms with Crippen molar-refractivity contribution in [2.45, 2.75) is 24.9 Å². The molecule has 0 aromatic heterocycles. The Bertz CT molecular complexity index is 2100. The number of methoxy groups -OCH3 is 2. The van der Waals surface area contributed by atoms with E-state index in [-0.39, 0.29) is 5.41 Å². The fourth-order valence-corrected chi connectivity index (χ4v) is 7.29. The van der Waals surface area contributed by atoms with E-state index in [0.29, 0.717) is 0 Å². The van der Waals surface area contributed by atoms with Crippen LogP contribution in [-0.4, -0.2) is 14.2 Å². The standard InChI is InChI=1S/C40H32O3/c1-39(2)35-12-8-7-11-32(35)36-31-20-19-30(42-4)24-34(31)38-33(37(36)39)21-22-40(43-38,27-15-17-29(41-3)18-16-27)28-14-13-25-9-5-6-10-26(25)23-28/h5-24H,1-4H3. The van der Waals surface area contributed by atoms with Crippen LogP contribution in [0.2, 0.25) is 0 Å². The second-order valence-electron chi connectivity index (χ2n) is 12.0. The molecule has 6 aromatic rings. The second kappa shape index (κ2) is 9.24. The van der Waals surface area contributed by atoms with Gasteiger partial charge in [-0.3, -0.25) is 0 Å². The molecule has 210 valence electrons. The summed E-state index contributed by atoms with van der Waals surface area (Å²) in [5.74, 6) is 2.49. The van der Waals surface area contributed by atoms with Gasteiger partial charge >= 0.3 is 0 Å². The smallest absolute Gasteiger partial charge is 0.178 e. The average Bonchev–Trinajstić information content (AvgIpc) is 3.31. The van der Waals surface area contributed by atoms with Crippen LogP contribution >= 0.6 is 0 Å². The van der Waals surface area contributed by atoms with Crippen LogP contribution in [0.1, 0.15) is 41.7 Å². The van der Waals surface area contributed by atoms with Gasteiger partial charge in [-0.25, -0.2) is 0 Å². The summed E-state index contributed by atoms with van der Waals surface area (Å²) in [7, 11) is 3.41. The van der Waals surface area contributed by atoms with Gasteiger partial charge in [0.1, 0.15) is 17.2 Å². The molecular weight excluding hydrogens is 528 g/mol. The summed E-state index contributed by atoms with van der Waals surface area (Å²) in [5, 5.41) is 4.59. The highest BCUT2D eigenvalue weighted by atomic mass is 16.5. The normalized spacial score (nSPS) is 17.7. The third kappa shape index (κ3) is 3.61. The number of fused-ring (bicyclic) bond motifs is 9. The number of ether oxygens (including phenoxy) is 3. The van der Waals surface area contributed by atoms with E-state index in [9.17, 15) is 0 Å². The van der Waals surface area contributed by atoms with Gasteiger partial charge in [0.05, 0.1) is 14.2 Å². The molecule has 8 rings (SSSR count).